The Labute approximate surface area is 56.1 Å². The molecular formula is C4H13ClN2O. The number of hydrogen-bond acceptors (Lipinski definition) is 2. The minimum absolute atomic E-state index is 0. The van der Waals surface area contributed by atoms with Crippen LogP contribution in [-0.4, -0.2) is 36.9 Å². The molecule has 52 valence electrons. The second-order valence-electron chi connectivity index (χ2n) is 2.23. The van der Waals surface area contributed by atoms with Gasteiger partial charge in [-0.3, -0.25) is 4.59 Å². The molecule has 0 aliphatic rings. The number of hydrogen-bond donors (Lipinski definition) is 2. The van der Waals surface area contributed by atoms with Crippen LogP contribution in [0.15, 0.2) is 0 Å². The highest BCUT2D eigenvalue weighted by Crippen LogP contribution is 1.78. The Hall–Kier alpha value is 0.170. The summed E-state index contributed by atoms with van der Waals surface area (Å²) in [5, 5.41) is 8.31. The first-order valence-corrected chi connectivity index (χ1v) is 2.29. The number of aliphatic hydroxyl groups excluding tert-OH is 1. The van der Waals surface area contributed by atoms with Crippen LogP contribution in [0.1, 0.15) is 0 Å². The quantitative estimate of drug-likeness (QED) is 0.233. The second kappa shape index (κ2) is 4.09. The average molecular weight is 141 g/mol. The molecule has 0 radical (unpaired) electrons. The summed E-state index contributed by atoms with van der Waals surface area (Å²) in [6.45, 7) is 0.767. The van der Waals surface area contributed by atoms with Crippen molar-refractivity contribution in [2.75, 3.05) is 27.2 Å². The topological polar surface area (TPSA) is 46.2 Å². The standard InChI is InChI=1S/C4H13N2O.ClH/c1-6(2,5)3-4-7;/h7H,3-5H2,1-2H3;1H/q+1;/p-1. The van der Waals surface area contributed by atoms with E-state index in [9.17, 15) is 0 Å². The summed E-state index contributed by atoms with van der Waals surface area (Å²) < 4.78 is 0.344. The molecular weight excluding hydrogens is 128 g/mol. The van der Waals surface area contributed by atoms with Gasteiger partial charge in [0.05, 0.1) is 20.7 Å². The van der Waals surface area contributed by atoms with Gasteiger partial charge >= 0.3 is 0 Å². The van der Waals surface area contributed by atoms with Crippen LogP contribution in [0, 0.1) is 0 Å². The van der Waals surface area contributed by atoms with Gasteiger partial charge in [-0.2, -0.15) is 5.84 Å². The number of nitrogens with two attached hydrogens (primary N) is 1. The molecule has 0 saturated carbocycles. The molecule has 0 aliphatic heterocycles. The molecule has 0 heterocycles. The number of nitrogens with zero attached hydrogens (tertiary/aromatic N) is 1. The lowest BCUT2D eigenvalue weighted by Crippen LogP contribution is -3.00. The highest BCUT2D eigenvalue weighted by atomic mass is 35.5. The van der Waals surface area contributed by atoms with E-state index in [4.69, 9.17) is 10.9 Å². The molecule has 0 unspecified atom stereocenters. The molecule has 4 heteroatoms. The monoisotopic (exact) mass is 140 g/mol. The van der Waals surface area contributed by atoms with Crippen LogP contribution in [0.25, 0.3) is 0 Å². The average Bonchev–Trinajstić information content (AvgIpc) is 1.30. The largest absolute Gasteiger partial charge is 1.00 e. The van der Waals surface area contributed by atoms with Crippen molar-refractivity contribution >= 4 is 0 Å². The predicted octanol–water partition coefficient (Wildman–Crippen LogP) is -4.07. The molecule has 0 spiro atoms. The normalized spacial score (nSPS) is 10.5. The van der Waals surface area contributed by atoms with Crippen molar-refractivity contribution in [3.63, 3.8) is 0 Å². The molecule has 0 saturated heterocycles. The molecule has 3 N–H and O–H groups in total. The van der Waals surface area contributed by atoms with E-state index < -0.39 is 0 Å². The van der Waals surface area contributed by atoms with Gasteiger partial charge in [-0.1, -0.05) is 0 Å². The van der Waals surface area contributed by atoms with Crippen LogP contribution in [-0.2, 0) is 0 Å². The summed E-state index contributed by atoms with van der Waals surface area (Å²) in [6.07, 6.45) is 0. The summed E-state index contributed by atoms with van der Waals surface area (Å²) in [5.74, 6) is 5.42. The first kappa shape index (κ1) is 11.0. The van der Waals surface area contributed by atoms with E-state index in [1.807, 2.05) is 14.1 Å². The lowest BCUT2D eigenvalue weighted by molar-refractivity contribution is -0.902. The number of halogens is 1. The van der Waals surface area contributed by atoms with E-state index >= 15 is 0 Å². The van der Waals surface area contributed by atoms with Gasteiger partial charge in [-0.05, 0) is 0 Å². The van der Waals surface area contributed by atoms with E-state index in [1.54, 1.807) is 0 Å². The summed E-state index contributed by atoms with van der Waals surface area (Å²) in [5.41, 5.74) is 0. The Bertz CT molecular complexity index is 52.5. The first-order valence-electron chi connectivity index (χ1n) is 2.29. The minimum atomic E-state index is 0. The molecule has 3 nitrogen and oxygen atoms in total. The number of likely N-dealkylation sites (N-methyl/N-ethyl adjacent to an activating group) is 1. The van der Waals surface area contributed by atoms with Crippen molar-refractivity contribution in [3.8, 4) is 0 Å². The molecule has 0 bridgehead atoms. The van der Waals surface area contributed by atoms with E-state index in [0.717, 1.165) is 0 Å². The third kappa shape index (κ3) is 9.48. The molecule has 0 fully saturated rings. The number of aliphatic hydroxyl groups is 1. The first-order chi connectivity index (χ1) is 3.06. The van der Waals surface area contributed by atoms with Crippen LogP contribution in [0.2, 0.25) is 0 Å². The van der Waals surface area contributed by atoms with Crippen LogP contribution in [0.5, 0.6) is 0 Å². The molecule has 8 heavy (non-hydrogen) atoms. The molecule has 0 aliphatic carbocycles. The number of quaternary nitrogens is 1. The zero-order valence-corrected chi connectivity index (χ0v) is 6.02. The summed E-state index contributed by atoms with van der Waals surface area (Å²) in [4.78, 5) is 0. The van der Waals surface area contributed by atoms with Crippen LogP contribution >= 0.6 is 0 Å². The van der Waals surface area contributed by atoms with E-state index in [1.165, 1.54) is 0 Å². The maximum atomic E-state index is 8.31. The number of rotatable bonds is 2. The fourth-order valence-corrected chi connectivity index (χ4v) is 0.258. The maximum absolute atomic E-state index is 8.31. The highest BCUT2D eigenvalue weighted by Gasteiger charge is 2.03. The van der Waals surface area contributed by atoms with Crippen LogP contribution in [0.3, 0.4) is 0 Å². The zero-order chi connectivity index (χ0) is 5.91. The van der Waals surface area contributed by atoms with Gasteiger partial charge in [0.25, 0.3) is 0 Å². The van der Waals surface area contributed by atoms with Crippen LogP contribution < -0.4 is 18.2 Å². The molecule has 0 atom stereocenters. The van der Waals surface area contributed by atoms with E-state index in [-0.39, 0.29) is 19.0 Å². The Morgan fingerprint density at radius 1 is 1.50 bits per heavy atom. The predicted molar refractivity (Wildman–Crippen MR) is 28.2 cm³/mol. The Morgan fingerprint density at radius 3 is 1.88 bits per heavy atom. The smallest absolute Gasteiger partial charge is 0.119 e. The fraction of sp³-hybridized carbons (Fsp3) is 1.00. The van der Waals surface area contributed by atoms with Crippen molar-refractivity contribution in [2.24, 2.45) is 5.84 Å². The Morgan fingerprint density at radius 2 is 1.88 bits per heavy atom. The minimum Gasteiger partial charge on any atom is -1.00 e. The van der Waals surface area contributed by atoms with Crippen molar-refractivity contribution in [3.05, 3.63) is 0 Å². The van der Waals surface area contributed by atoms with E-state index in [2.05, 4.69) is 0 Å². The van der Waals surface area contributed by atoms with Crippen molar-refractivity contribution in [2.45, 2.75) is 0 Å². The third-order valence-electron chi connectivity index (χ3n) is 0.676. The molecule has 0 aromatic carbocycles. The SMILES string of the molecule is C[N+](C)(N)CCO.[Cl-]. The van der Waals surface area contributed by atoms with Crippen molar-refractivity contribution in [1.29, 1.82) is 0 Å². The van der Waals surface area contributed by atoms with Gasteiger partial charge in [-0.15, -0.1) is 0 Å². The summed E-state index contributed by atoms with van der Waals surface area (Å²) in [7, 11) is 3.66. The fourth-order valence-electron chi connectivity index (χ4n) is 0.258. The van der Waals surface area contributed by atoms with Crippen molar-refractivity contribution < 1.29 is 22.1 Å². The Balaban J connectivity index is 0. The molecule has 0 aromatic rings. The van der Waals surface area contributed by atoms with Gasteiger partial charge in [0.15, 0.2) is 0 Å². The zero-order valence-electron chi connectivity index (χ0n) is 5.26. The van der Waals surface area contributed by atoms with Crippen molar-refractivity contribution in [1.82, 2.24) is 0 Å². The molecule has 0 aromatic heterocycles. The lowest BCUT2D eigenvalue weighted by Gasteiger charge is -2.20. The van der Waals surface area contributed by atoms with Gasteiger partial charge < -0.3 is 17.5 Å². The second-order valence-corrected chi connectivity index (χ2v) is 2.23. The Kier molecular flexibility index (Phi) is 5.64. The van der Waals surface area contributed by atoms with Crippen LogP contribution in [0.4, 0.5) is 0 Å². The maximum Gasteiger partial charge on any atom is 0.119 e. The lowest BCUT2D eigenvalue weighted by atomic mass is 10.6. The summed E-state index contributed by atoms with van der Waals surface area (Å²) in [6, 6.07) is 0. The summed E-state index contributed by atoms with van der Waals surface area (Å²) >= 11 is 0. The highest BCUT2D eigenvalue weighted by molar-refractivity contribution is 4.17. The van der Waals surface area contributed by atoms with Gasteiger partial charge in [0.2, 0.25) is 0 Å². The van der Waals surface area contributed by atoms with Gasteiger partial charge in [0, 0.05) is 0 Å². The molecule has 0 rings (SSSR count). The molecule has 0 amide bonds. The van der Waals surface area contributed by atoms with E-state index in [0.29, 0.717) is 11.1 Å². The third-order valence-corrected chi connectivity index (χ3v) is 0.676. The van der Waals surface area contributed by atoms with Gasteiger partial charge in [0.1, 0.15) is 6.54 Å². The van der Waals surface area contributed by atoms with Gasteiger partial charge in [-0.25, -0.2) is 0 Å².